The van der Waals surface area contributed by atoms with Gasteiger partial charge in [-0.05, 0) is 49.6 Å². The fraction of sp³-hybridized carbons (Fsp3) is 0.208. The number of carbonyl (C=O) groups is 2. The molecule has 2 aromatic carbocycles. The molecular weight excluding hydrogens is 392 g/mol. The lowest BCUT2D eigenvalue weighted by Crippen LogP contribution is -2.48. The van der Waals surface area contributed by atoms with Gasteiger partial charge in [0, 0.05) is 23.3 Å². The van der Waals surface area contributed by atoms with Crippen molar-refractivity contribution in [3.8, 4) is 11.8 Å². The molecule has 1 aliphatic carbocycles. The summed E-state index contributed by atoms with van der Waals surface area (Å²) >= 11 is 0. The lowest BCUT2D eigenvalue weighted by Gasteiger charge is -2.39. The van der Waals surface area contributed by atoms with E-state index < -0.39 is 11.8 Å². The third-order valence-electron chi connectivity index (χ3n) is 5.67. The number of nitrogens with two attached hydrogens (primary N) is 1. The Balaban J connectivity index is 1.79. The first-order valence-electron chi connectivity index (χ1n) is 10.0. The molecule has 0 bridgehead atoms. The molecule has 0 aromatic heterocycles. The van der Waals surface area contributed by atoms with Gasteiger partial charge in [-0.25, -0.2) is 5.01 Å². The molecule has 0 fully saturated rings. The average molecular weight is 414 g/mol. The van der Waals surface area contributed by atoms with Crippen LogP contribution in [0.25, 0.3) is 0 Å². The lowest BCUT2D eigenvalue weighted by atomic mass is 9.76. The number of allylic oxidation sites excluding steroid dienone is 3. The molecule has 1 aliphatic heterocycles. The van der Waals surface area contributed by atoms with Gasteiger partial charge in [0.15, 0.2) is 5.78 Å². The highest BCUT2D eigenvalue weighted by molar-refractivity contribution is 6.00. The van der Waals surface area contributed by atoms with E-state index >= 15 is 0 Å². The number of aryl methyl sites for hydroxylation is 1. The summed E-state index contributed by atoms with van der Waals surface area (Å²) in [5.74, 6) is -0.914. The minimum absolute atomic E-state index is 0.0454. The Kier molecular flexibility index (Phi) is 5.22. The fourth-order valence-corrected chi connectivity index (χ4v) is 4.09. The van der Waals surface area contributed by atoms with Crippen LogP contribution in [0, 0.1) is 18.3 Å². The molecule has 1 unspecified atom stereocenters. The summed E-state index contributed by atoms with van der Waals surface area (Å²) in [5, 5.41) is 20.8. The Hall–Kier alpha value is -4.05. The number of amides is 1. The van der Waals surface area contributed by atoms with Crippen LogP contribution >= 0.6 is 0 Å². The number of hydrazine groups is 1. The molecule has 1 atom stereocenters. The van der Waals surface area contributed by atoms with Gasteiger partial charge in [-0.1, -0.05) is 29.8 Å². The summed E-state index contributed by atoms with van der Waals surface area (Å²) in [6, 6.07) is 15.6. The molecule has 156 valence electrons. The molecule has 0 saturated carbocycles. The maximum absolute atomic E-state index is 13.0. The Morgan fingerprint density at radius 2 is 1.84 bits per heavy atom. The molecular formula is C24H22N4O3. The number of rotatable bonds is 3. The zero-order valence-corrected chi connectivity index (χ0v) is 17.1. The highest BCUT2D eigenvalue weighted by Gasteiger charge is 2.40. The zero-order chi connectivity index (χ0) is 22.1. The number of nitrogens with one attached hydrogen (secondary N) is 1. The van der Waals surface area contributed by atoms with Gasteiger partial charge >= 0.3 is 0 Å². The summed E-state index contributed by atoms with van der Waals surface area (Å²) < 4.78 is 0. The van der Waals surface area contributed by atoms with Gasteiger partial charge in [0.05, 0.1) is 17.6 Å². The average Bonchev–Trinajstić information content (AvgIpc) is 2.76. The molecule has 0 saturated heterocycles. The van der Waals surface area contributed by atoms with E-state index in [1.807, 2.05) is 31.2 Å². The van der Waals surface area contributed by atoms with Crippen LogP contribution in [-0.2, 0) is 4.79 Å². The van der Waals surface area contributed by atoms with Gasteiger partial charge in [-0.2, -0.15) is 5.26 Å². The van der Waals surface area contributed by atoms with E-state index in [0.717, 1.165) is 11.1 Å². The number of carbonyl (C=O) groups excluding carboxylic acids is 2. The zero-order valence-electron chi connectivity index (χ0n) is 17.1. The highest BCUT2D eigenvalue weighted by atomic mass is 16.3. The summed E-state index contributed by atoms with van der Waals surface area (Å²) in [4.78, 5) is 25.8. The van der Waals surface area contributed by atoms with Crippen molar-refractivity contribution in [3.63, 3.8) is 0 Å². The molecule has 2 aliphatic rings. The van der Waals surface area contributed by atoms with Crippen molar-refractivity contribution in [2.24, 2.45) is 5.73 Å². The SMILES string of the molecule is Cc1ccc(C2C(C#N)=C(N)N(NC(=O)c3ccc(O)cc3)C3=C2C(=O)CCC3)cc1. The van der Waals surface area contributed by atoms with Gasteiger partial charge in [0.25, 0.3) is 5.91 Å². The normalized spacial score (nSPS) is 18.5. The monoisotopic (exact) mass is 414 g/mol. The van der Waals surface area contributed by atoms with Crippen molar-refractivity contribution < 1.29 is 14.7 Å². The maximum Gasteiger partial charge on any atom is 0.270 e. The number of nitriles is 1. The van der Waals surface area contributed by atoms with Crippen LogP contribution in [0.1, 0.15) is 46.7 Å². The summed E-state index contributed by atoms with van der Waals surface area (Å²) in [7, 11) is 0. The maximum atomic E-state index is 13.0. The molecule has 4 rings (SSSR count). The lowest BCUT2D eigenvalue weighted by molar-refractivity contribution is -0.116. The van der Waals surface area contributed by atoms with E-state index in [2.05, 4.69) is 11.5 Å². The van der Waals surface area contributed by atoms with Gasteiger partial charge in [-0.3, -0.25) is 15.0 Å². The third kappa shape index (κ3) is 3.64. The number of aromatic hydroxyl groups is 1. The van der Waals surface area contributed by atoms with Crippen molar-refractivity contribution in [3.05, 3.63) is 87.9 Å². The molecule has 1 heterocycles. The third-order valence-corrected chi connectivity index (χ3v) is 5.67. The molecule has 7 heteroatoms. The van der Waals surface area contributed by atoms with Crippen molar-refractivity contribution >= 4 is 11.7 Å². The number of hydrogen-bond donors (Lipinski definition) is 3. The Bertz CT molecular complexity index is 1150. The molecule has 0 spiro atoms. The number of nitrogens with zero attached hydrogens (tertiary/aromatic N) is 2. The minimum Gasteiger partial charge on any atom is -0.508 e. The summed E-state index contributed by atoms with van der Waals surface area (Å²) in [5.41, 5.74) is 12.7. The van der Waals surface area contributed by atoms with E-state index in [0.29, 0.717) is 36.1 Å². The number of Topliss-reactive ketones (excluding diaryl/α,β-unsaturated/α-hetero) is 1. The second-order valence-electron chi connectivity index (χ2n) is 7.71. The smallest absolute Gasteiger partial charge is 0.270 e. The van der Waals surface area contributed by atoms with Crippen LogP contribution in [0.3, 0.4) is 0 Å². The molecule has 4 N–H and O–H groups in total. The molecule has 31 heavy (non-hydrogen) atoms. The van der Waals surface area contributed by atoms with Crippen LogP contribution in [0.15, 0.2) is 71.2 Å². The predicted molar refractivity (Wildman–Crippen MR) is 114 cm³/mol. The van der Waals surface area contributed by atoms with Crippen LogP contribution < -0.4 is 11.2 Å². The summed E-state index contributed by atoms with van der Waals surface area (Å²) in [6.07, 6.45) is 1.58. The van der Waals surface area contributed by atoms with Gasteiger partial charge in [-0.15, -0.1) is 0 Å². The Labute approximate surface area is 180 Å². The van der Waals surface area contributed by atoms with Gasteiger partial charge in [0.1, 0.15) is 11.6 Å². The molecule has 2 aromatic rings. The van der Waals surface area contributed by atoms with Crippen LogP contribution in [0.5, 0.6) is 5.75 Å². The van der Waals surface area contributed by atoms with E-state index in [-0.39, 0.29) is 22.9 Å². The quantitative estimate of drug-likeness (QED) is 0.710. The summed E-state index contributed by atoms with van der Waals surface area (Å²) in [6.45, 7) is 1.97. The number of phenolic OH excluding ortho intramolecular Hbond substituents is 1. The van der Waals surface area contributed by atoms with E-state index in [9.17, 15) is 20.0 Å². The van der Waals surface area contributed by atoms with Crippen LogP contribution in [-0.4, -0.2) is 21.8 Å². The number of ketones is 1. The predicted octanol–water partition coefficient (Wildman–Crippen LogP) is 3.15. The van der Waals surface area contributed by atoms with Gasteiger partial charge in [0.2, 0.25) is 0 Å². The van der Waals surface area contributed by atoms with E-state index in [4.69, 9.17) is 5.73 Å². The number of phenols is 1. The van der Waals surface area contributed by atoms with Gasteiger partial charge < -0.3 is 10.8 Å². The first kappa shape index (κ1) is 20.2. The Morgan fingerprint density at radius 3 is 2.48 bits per heavy atom. The Morgan fingerprint density at radius 1 is 1.16 bits per heavy atom. The first-order valence-corrected chi connectivity index (χ1v) is 10.0. The fourth-order valence-electron chi connectivity index (χ4n) is 4.09. The van der Waals surface area contributed by atoms with Crippen LogP contribution in [0.2, 0.25) is 0 Å². The first-order chi connectivity index (χ1) is 14.9. The second-order valence-corrected chi connectivity index (χ2v) is 7.71. The van der Waals surface area contributed by atoms with Crippen molar-refractivity contribution in [1.29, 1.82) is 5.26 Å². The van der Waals surface area contributed by atoms with Crippen molar-refractivity contribution in [2.75, 3.05) is 0 Å². The minimum atomic E-state index is -0.560. The molecule has 1 amide bonds. The van der Waals surface area contributed by atoms with Crippen LogP contribution in [0.4, 0.5) is 0 Å². The number of hydrogen-bond acceptors (Lipinski definition) is 6. The van der Waals surface area contributed by atoms with Crippen molar-refractivity contribution in [1.82, 2.24) is 10.4 Å². The number of benzene rings is 2. The largest absolute Gasteiger partial charge is 0.508 e. The van der Waals surface area contributed by atoms with Crippen molar-refractivity contribution in [2.45, 2.75) is 32.1 Å². The second kappa shape index (κ2) is 8.00. The van der Waals surface area contributed by atoms with E-state index in [1.54, 1.807) is 0 Å². The highest BCUT2D eigenvalue weighted by Crippen LogP contribution is 2.44. The topological polar surface area (TPSA) is 119 Å². The molecule has 7 nitrogen and oxygen atoms in total. The standard InChI is InChI=1S/C24H22N4O3/c1-14-5-7-15(8-6-14)21-18(13-25)23(26)28(19-3-2-4-20(30)22(19)21)27-24(31)16-9-11-17(29)12-10-16/h5-12,21,29H,2-4,26H2,1H3,(H,27,31). The molecule has 0 radical (unpaired) electrons. The van der Waals surface area contributed by atoms with E-state index in [1.165, 1.54) is 29.3 Å².